The van der Waals surface area contributed by atoms with E-state index in [1.165, 1.54) is 6.20 Å². The lowest BCUT2D eigenvalue weighted by Gasteiger charge is -2.09. The lowest BCUT2D eigenvalue weighted by atomic mass is 10.0. The quantitative estimate of drug-likeness (QED) is 0.658. The third kappa shape index (κ3) is 3.79. The molecule has 0 saturated heterocycles. The second-order valence-electron chi connectivity index (χ2n) is 4.87. The average molecular weight is 302 g/mol. The largest absolute Gasteiger partial charge is 0.477 e. The molecule has 1 aromatic rings. The summed E-state index contributed by atoms with van der Waals surface area (Å²) in [6.07, 6.45) is 8.18. The molecule has 0 bridgehead atoms. The zero-order valence-corrected chi connectivity index (χ0v) is 11.6. The summed E-state index contributed by atoms with van der Waals surface area (Å²) in [6, 6.07) is 1.11. The van der Waals surface area contributed by atoms with Gasteiger partial charge in [-0.05, 0) is 6.07 Å². The molecule has 8 nitrogen and oxygen atoms in total. The number of amides is 1. The van der Waals surface area contributed by atoms with Crippen LogP contribution in [0.15, 0.2) is 27.3 Å². The normalized spacial score (nSPS) is 14.1. The van der Waals surface area contributed by atoms with E-state index in [1.54, 1.807) is 0 Å². The summed E-state index contributed by atoms with van der Waals surface area (Å²) >= 11 is 0. The van der Waals surface area contributed by atoms with Crippen molar-refractivity contribution in [3.8, 4) is 12.3 Å². The van der Waals surface area contributed by atoms with Crippen molar-refractivity contribution in [2.24, 2.45) is 10.2 Å². The molecule has 114 valence electrons. The Balaban J connectivity index is 1.90. The summed E-state index contributed by atoms with van der Waals surface area (Å²) in [6.45, 7) is 0. The summed E-state index contributed by atoms with van der Waals surface area (Å²) in [5, 5.41) is 19.2. The summed E-state index contributed by atoms with van der Waals surface area (Å²) in [5.41, 5.74) is -1.49. The minimum Gasteiger partial charge on any atom is -0.477 e. The van der Waals surface area contributed by atoms with Crippen LogP contribution in [-0.4, -0.2) is 27.6 Å². The topological polar surface area (TPSA) is 124 Å². The molecule has 1 aromatic heterocycles. The van der Waals surface area contributed by atoms with Crippen LogP contribution < -0.4 is 10.9 Å². The van der Waals surface area contributed by atoms with Crippen molar-refractivity contribution < 1.29 is 14.7 Å². The molecule has 0 unspecified atom stereocenters. The van der Waals surface area contributed by atoms with Gasteiger partial charge in [-0.1, -0.05) is 0 Å². The van der Waals surface area contributed by atoms with Crippen molar-refractivity contribution in [3.05, 3.63) is 28.2 Å². The molecule has 2 rings (SSSR count). The Hall–Kier alpha value is -2.95. The van der Waals surface area contributed by atoms with Crippen LogP contribution in [0.5, 0.6) is 0 Å². The molecule has 1 aliphatic rings. The van der Waals surface area contributed by atoms with E-state index in [0.29, 0.717) is 19.3 Å². The predicted molar refractivity (Wildman–Crippen MR) is 77.5 cm³/mol. The Bertz CT molecular complexity index is 723. The van der Waals surface area contributed by atoms with Gasteiger partial charge in [-0.2, -0.15) is 10.2 Å². The fraction of sp³-hybridized carbons (Fsp3) is 0.357. The van der Waals surface area contributed by atoms with Crippen LogP contribution in [0.2, 0.25) is 0 Å². The molecule has 3 N–H and O–H groups in total. The Morgan fingerprint density at radius 1 is 1.41 bits per heavy atom. The zero-order valence-electron chi connectivity index (χ0n) is 11.6. The number of nitrogens with zero attached hydrogens (tertiary/aromatic N) is 2. The van der Waals surface area contributed by atoms with E-state index < -0.39 is 22.8 Å². The summed E-state index contributed by atoms with van der Waals surface area (Å²) < 4.78 is 0. The van der Waals surface area contributed by atoms with Crippen LogP contribution in [0.4, 0.5) is 5.69 Å². The van der Waals surface area contributed by atoms with Crippen LogP contribution in [0.3, 0.4) is 0 Å². The third-order valence-corrected chi connectivity index (χ3v) is 3.22. The summed E-state index contributed by atoms with van der Waals surface area (Å²) in [4.78, 5) is 36.2. The van der Waals surface area contributed by atoms with Gasteiger partial charge in [-0.15, -0.1) is 12.3 Å². The predicted octanol–water partition coefficient (Wildman–Crippen LogP) is 1.37. The van der Waals surface area contributed by atoms with Crippen LogP contribution >= 0.6 is 0 Å². The van der Waals surface area contributed by atoms with E-state index in [0.717, 1.165) is 6.07 Å². The number of pyridine rings is 1. The van der Waals surface area contributed by atoms with E-state index >= 15 is 0 Å². The molecule has 0 aliphatic carbocycles. The molecule has 0 radical (unpaired) electrons. The molecule has 1 amide bonds. The van der Waals surface area contributed by atoms with Gasteiger partial charge in [0.1, 0.15) is 5.56 Å². The van der Waals surface area contributed by atoms with Crippen molar-refractivity contribution in [1.82, 2.24) is 4.98 Å². The molecular weight excluding hydrogens is 288 g/mol. The fourth-order valence-corrected chi connectivity index (χ4v) is 1.92. The standard InChI is InChI=1S/C14H14N4O4/c1-2-3-5-14(17-18-14)6-4-11(19)16-9-7-10(13(21)22)12(20)15-8-9/h1,7-8H,3-6H2,(H,15,20)(H,16,19)(H,21,22). The van der Waals surface area contributed by atoms with Gasteiger partial charge < -0.3 is 15.4 Å². The number of carboxylic acid groups (broad SMARTS) is 1. The van der Waals surface area contributed by atoms with E-state index in [9.17, 15) is 14.4 Å². The second kappa shape index (κ2) is 6.22. The first-order chi connectivity index (χ1) is 10.5. The number of aromatic amines is 1. The van der Waals surface area contributed by atoms with Gasteiger partial charge in [0, 0.05) is 31.9 Å². The Morgan fingerprint density at radius 3 is 2.73 bits per heavy atom. The first-order valence-electron chi connectivity index (χ1n) is 6.59. The smallest absolute Gasteiger partial charge is 0.341 e. The first-order valence-corrected chi connectivity index (χ1v) is 6.59. The van der Waals surface area contributed by atoms with E-state index in [1.807, 2.05) is 0 Å². The van der Waals surface area contributed by atoms with Crippen LogP contribution in [0, 0.1) is 12.3 Å². The van der Waals surface area contributed by atoms with Gasteiger partial charge in [-0.25, -0.2) is 4.79 Å². The van der Waals surface area contributed by atoms with Crippen molar-refractivity contribution in [3.63, 3.8) is 0 Å². The Morgan fingerprint density at radius 2 is 2.14 bits per heavy atom. The highest BCUT2D eigenvalue weighted by molar-refractivity contribution is 5.93. The number of terminal acetylenes is 1. The highest BCUT2D eigenvalue weighted by atomic mass is 16.4. The average Bonchev–Trinajstić information content (AvgIpc) is 3.25. The van der Waals surface area contributed by atoms with Gasteiger partial charge >= 0.3 is 5.97 Å². The number of anilines is 1. The monoisotopic (exact) mass is 302 g/mol. The van der Waals surface area contributed by atoms with Crippen molar-refractivity contribution in [2.45, 2.75) is 31.3 Å². The van der Waals surface area contributed by atoms with Gasteiger partial charge in [0.25, 0.3) is 5.56 Å². The van der Waals surface area contributed by atoms with Gasteiger partial charge in [-0.3, -0.25) is 9.59 Å². The fourth-order valence-electron chi connectivity index (χ4n) is 1.92. The van der Waals surface area contributed by atoms with Gasteiger partial charge in [0.05, 0.1) is 5.69 Å². The SMILES string of the molecule is C#CCCC1(CCC(=O)Nc2c[nH]c(=O)c(C(=O)O)c2)N=N1. The third-order valence-electron chi connectivity index (χ3n) is 3.22. The molecule has 0 atom stereocenters. The molecule has 0 fully saturated rings. The van der Waals surface area contributed by atoms with E-state index in [2.05, 4.69) is 26.4 Å². The van der Waals surface area contributed by atoms with Crippen LogP contribution in [-0.2, 0) is 4.79 Å². The number of hydrogen-bond donors (Lipinski definition) is 3. The van der Waals surface area contributed by atoms with Crippen LogP contribution in [0.25, 0.3) is 0 Å². The number of carbonyl (C=O) groups excluding carboxylic acids is 1. The maximum atomic E-state index is 11.9. The summed E-state index contributed by atoms with van der Waals surface area (Å²) in [5.74, 6) is 0.825. The number of carboxylic acids is 1. The number of rotatable bonds is 7. The van der Waals surface area contributed by atoms with Gasteiger partial charge in [0.15, 0.2) is 5.66 Å². The maximum absolute atomic E-state index is 11.9. The molecule has 0 saturated carbocycles. The van der Waals surface area contributed by atoms with Crippen molar-refractivity contribution in [2.75, 3.05) is 5.32 Å². The first kappa shape index (κ1) is 15.4. The number of hydrogen-bond acceptors (Lipinski definition) is 5. The van der Waals surface area contributed by atoms with E-state index in [4.69, 9.17) is 11.5 Å². The number of aromatic carboxylic acids is 1. The second-order valence-corrected chi connectivity index (χ2v) is 4.87. The lowest BCUT2D eigenvalue weighted by molar-refractivity contribution is -0.116. The Labute approximate surface area is 125 Å². The molecule has 22 heavy (non-hydrogen) atoms. The summed E-state index contributed by atoms with van der Waals surface area (Å²) in [7, 11) is 0. The van der Waals surface area contributed by atoms with Crippen molar-refractivity contribution in [1.29, 1.82) is 0 Å². The number of aromatic nitrogens is 1. The maximum Gasteiger partial charge on any atom is 0.341 e. The lowest BCUT2D eigenvalue weighted by Crippen LogP contribution is -2.20. The number of H-pyrrole nitrogens is 1. The number of nitrogens with one attached hydrogen (secondary N) is 2. The highest BCUT2D eigenvalue weighted by Gasteiger charge is 2.39. The zero-order chi connectivity index (χ0) is 16.2. The Kier molecular flexibility index (Phi) is 4.36. The van der Waals surface area contributed by atoms with Gasteiger partial charge in [0.2, 0.25) is 5.91 Å². The van der Waals surface area contributed by atoms with E-state index in [-0.39, 0.29) is 18.0 Å². The van der Waals surface area contributed by atoms with Crippen LogP contribution in [0.1, 0.15) is 36.0 Å². The number of carbonyl (C=O) groups is 2. The minimum absolute atomic E-state index is 0.166. The molecule has 0 aromatic carbocycles. The minimum atomic E-state index is -1.36. The molecule has 2 heterocycles. The molecule has 1 aliphatic heterocycles. The highest BCUT2D eigenvalue weighted by Crippen LogP contribution is 2.37. The molecule has 0 spiro atoms. The molecule has 8 heteroatoms. The van der Waals surface area contributed by atoms with Crippen molar-refractivity contribution >= 4 is 17.6 Å². The molecular formula is C14H14N4O4.